The normalized spacial score (nSPS) is 10.3. The minimum Gasteiger partial charge on any atom is -0.380 e. The Hall–Kier alpha value is -1.88. The molecule has 0 saturated carbocycles. The summed E-state index contributed by atoms with van der Waals surface area (Å²) in [5.74, 6) is 0. The molecule has 0 bridgehead atoms. The van der Waals surface area contributed by atoms with Crippen LogP contribution in [0.25, 0.3) is 0 Å². The number of halogens is 1. The van der Waals surface area contributed by atoms with E-state index in [0.717, 1.165) is 12.1 Å². The largest absolute Gasteiger partial charge is 0.380 e. The van der Waals surface area contributed by atoms with E-state index in [9.17, 15) is 10.1 Å². The van der Waals surface area contributed by atoms with E-state index in [4.69, 9.17) is 0 Å². The number of hydrogen-bond donors (Lipinski definition) is 1. The van der Waals surface area contributed by atoms with Crippen molar-refractivity contribution in [3.63, 3.8) is 0 Å². The average molecular weight is 335 g/mol. The molecule has 2 aromatic carbocycles. The van der Waals surface area contributed by atoms with E-state index in [1.165, 1.54) is 11.6 Å². The average Bonchev–Trinajstić information content (AvgIpc) is 2.46. The van der Waals surface area contributed by atoms with Crippen molar-refractivity contribution in [3.05, 3.63) is 68.2 Å². The zero-order valence-corrected chi connectivity index (χ0v) is 12.7. The van der Waals surface area contributed by atoms with Crippen LogP contribution in [0.5, 0.6) is 0 Å². The summed E-state index contributed by atoms with van der Waals surface area (Å²) in [6, 6.07) is 13.1. The molecule has 0 unspecified atom stereocenters. The summed E-state index contributed by atoms with van der Waals surface area (Å²) in [6.45, 7) is 2.52. The van der Waals surface area contributed by atoms with Gasteiger partial charge in [0.15, 0.2) is 0 Å². The predicted molar refractivity (Wildman–Crippen MR) is 83.9 cm³/mol. The first kappa shape index (κ1) is 14.5. The molecule has 0 fully saturated rings. The lowest BCUT2D eigenvalue weighted by molar-refractivity contribution is -0.385. The minimum absolute atomic E-state index is 0.126. The van der Waals surface area contributed by atoms with Crippen LogP contribution in [0.4, 0.5) is 11.4 Å². The van der Waals surface area contributed by atoms with Crippen LogP contribution in [0.2, 0.25) is 0 Å². The Morgan fingerprint density at radius 2 is 1.95 bits per heavy atom. The second kappa shape index (κ2) is 6.52. The van der Waals surface area contributed by atoms with Gasteiger partial charge in [-0.25, -0.2) is 0 Å². The summed E-state index contributed by atoms with van der Waals surface area (Å²) in [5, 5.41) is 14.3. The van der Waals surface area contributed by atoms with Crippen molar-refractivity contribution in [2.24, 2.45) is 0 Å². The van der Waals surface area contributed by atoms with E-state index in [0.29, 0.717) is 16.6 Å². The standard InChI is InChI=1S/C15H15BrN2O2/c1-2-11-5-3-4-6-14(11)17-10-12-7-8-13(16)9-15(12)18(19)20/h3-9,17H,2,10H2,1H3. The third-order valence-electron chi connectivity index (χ3n) is 3.11. The Morgan fingerprint density at radius 3 is 2.65 bits per heavy atom. The van der Waals surface area contributed by atoms with Crippen LogP contribution in [0, 0.1) is 10.1 Å². The highest BCUT2D eigenvalue weighted by molar-refractivity contribution is 9.10. The first-order valence-corrected chi connectivity index (χ1v) is 7.15. The Bertz CT molecular complexity index is 629. The van der Waals surface area contributed by atoms with Gasteiger partial charge < -0.3 is 5.32 Å². The number of nitro groups is 1. The van der Waals surface area contributed by atoms with Gasteiger partial charge in [-0.2, -0.15) is 0 Å². The van der Waals surface area contributed by atoms with Crippen molar-refractivity contribution in [2.75, 3.05) is 5.32 Å². The number of benzene rings is 2. The van der Waals surface area contributed by atoms with Crippen molar-refractivity contribution in [1.29, 1.82) is 0 Å². The number of anilines is 1. The number of nitro benzene ring substituents is 1. The summed E-state index contributed by atoms with van der Waals surface area (Å²) < 4.78 is 0.710. The van der Waals surface area contributed by atoms with E-state index in [1.807, 2.05) is 24.3 Å². The molecule has 20 heavy (non-hydrogen) atoms. The molecule has 0 aliphatic carbocycles. The number of hydrogen-bond acceptors (Lipinski definition) is 3. The van der Waals surface area contributed by atoms with Gasteiger partial charge in [-0.1, -0.05) is 41.1 Å². The monoisotopic (exact) mass is 334 g/mol. The Balaban J connectivity index is 2.21. The van der Waals surface area contributed by atoms with Gasteiger partial charge in [0.2, 0.25) is 0 Å². The smallest absolute Gasteiger partial charge is 0.275 e. The van der Waals surface area contributed by atoms with Crippen molar-refractivity contribution >= 4 is 27.3 Å². The highest BCUT2D eigenvalue weighted by atomic mass is 79.9. The molecule has 0 saturated heterocycles. The van der Waals surface area contributed by atoms with Crippen LogP contribution in [0.3, 0.4) is 0 Å². The predicted octanol–water partition coefficient (Wildman–Crippen LogP) is 4.53. The zero-order valence-electron chi connectivity index (χ0n) is 11.1. The van der Waals surface area contributed by atoms with Gasteiger partial charge in [0, 0.05) is 28.3 Å². The highest BCUT2D eigenvalue weighted by Crippen LogP contribution is 2.25. The zero-order chi connectivity index (χ0) is 14.5. The van der Waals surface area contributed by atoms with Crippen LogP contribution >= 0.6 is 15.9 Å². The molecule has 2 aromatic rings. The Morgan fingerprint density at radius 1 is 1.20 bits per heavy atom. The molecule has 0 heterocycles. The molecule has 0 atom stereocenters. The maximum atomic E-state index is 11.1. The fourth-order valence-corrected chi connectivity index (χ4v) is 2.40. The van der Waals surface area contributed by atoms with Gasteiger partial charge in [-0.15, -0.1) is 0 Å². The molecule has 0 amide bonds. The van der Waals surface area contributed by atoms with Gasteiger partial charge in [-0.3, -0.25) is 10.1 Å². The van der Waals surface area contributed by atoms with Crippen LogP contribution < -0.4 is 5.32 Å². The van der Waals surface area contributed by atoms with E-state index in [2.05, 4.69) is 34.2 Å². The van der Waals surface area contributed by atoms with Crippen molar-refractivity contribution in [3.8, 4) is 0 Å². The van der Waals surface area contributed by atoms with Crippen LogP contribution in [-0.4, -0.2) is 4.92 Å². The van der Waals surface area contributed by atoms with Crippen molar-refractivity contribution in [2.45, 2.75) is 19.9 Å². The quantitative estimate of drug-likeness (QED) is 0.645. The lowest BCUT2D eigenvalue weighted by Crippen LogP contribution is -2.04. The van der Waals surface area contributed by atoms with Crippen molar-refractivity contribution in [1.82, 2.24) is 0 Å². The number of para-hydroxylation sites is 1. The highest BCUT2D eigenvalue weighted by Gasteiger charge is 2.14. The van der Waals surface area contributed by atoms with E-state index in [1.54, 1.807) is 6.07 Å². The summed E-state index contributed by atoms with van der Waals surface area (Å²) in [6.07, 6.45) is 0.922. The number of rotatable bonds is 5. The van der Waals surface area contributed by atoms with Gasteiger partial charge in [-0.05, 0) is 30.2 Å². The van der Waals surface area contributed by atoms with E-state index < -0.39 is 0 Å². The maximum absolute atomic E-state index is 11.1. The van der Waals surface area contributed by atoms with Gasteiger partial charge >= 0.3 is 0 Å². The second-order valence-corrected chi connectivity index (χ2v) is 5.31. The molecular weight excluding hydrogens is 320 g/mol. The lowest BCUT2D eigenvalue weighted by atomic mass is 10.1. The molecule has 1 N–H and O–H groups in total. The fraction of sp³-hybridized carbons (Fsp3) is 0.200. The SMILES string of the molecule is CCc1ccccc1NCc1ccc(Br)cc1[N+](=O)[O-]. The Labute approximate surface area is 126 Å². The minimum atomic E-state index is -0.354. The molecule has 0 aromatic heterocycles. The third-order valence-corrected chi connectivity index (χ3v) is 3.60. The van der Waals surface area contributed by atoms with Crippen LogP contribution in [0.15, 0.2) is 46.9 Å². The first-order valence-electron chi connectivity index (χ1n) is 6.36. The molecule has 0 aliphatic heterocycles. The van der Waals surface area contributed by atoms with Gasteiger partial charge in [0.05, 0.1) is 4.92 Å². The van der Waals surface area contributed by atoms with Crippen LogP contribution in [-0.2, 0) is 13.0 Å². The number of aryl methyl sites for hydroxylation is 1. The second-order valence-electron chi connectivity index (χ2n) is 4.39. The summed E-state index contributed by atoms with van der Waals surface area (Å²) in [7, 11) is 0. The van der Waals surface area contributed by atoms with E-state index in [-0.39, 0.29) is 10.6 Å². The Kier molecular flexibility index (Phi) is 4.74. The first-order chi connectivity index (χ1) is 9.61. The van der Waals surface area contributed by atoms with Gasteiger partial charge in [0.25, 0.3) is 5.69 Å². The molecule has 104 valence electrons. The third kappa shape index (κ3) is 3.36. The number of nitrogens with zero attached hydrogens (tertiary/aromatic N) is 1. The lowest BCUT2D eigenvalue weighted by Gasteiger charge is -2.11. The molecule has 5 heteroatoms. The molecule has 0 spiro atoms. The molecule has 0 radical (unpaired) electrons. The molecule has 2 rings (SSSR count). The molecular formula is C15H15BrN2O2. The van der Waals surface area contributed by atoms with Crippen molar-refractivity contribution < 1.29 is 4.92 Å². The fourth-order valence-electron chi connectivity index (χ4n) is 2.05. The summed E-state index contributed by atoms with van der Waals surface area (Å²) >= 11 is 3.26. The maximum Gasteiger partial charge on any atom is 0.275 e. The summed E-state index contributed by atoms with van der Waals surface area (Å²) in [4.78, 5) is 10.7. The van der Waals surface area contributed by atoms with Crippen LogP contribution in [0.1, 0.15) is 18.1 Å². The molecule has 0 aliphatic rings. The molecule has 4 nitrogen and oxygen atoms in total. The summed E-state index contributed by atoms with van der Waals surface area (Å²) in [5.41, 5.74) is 3.02. The van der Waals surface area contributed by atoms with E-state index >= 15 is 0 Å². The number of nitrogens with one attached hydrogen (secondary N) is 1. The topological polar surface area (TPSA) is 55.2 Å². The van der Waals surface area contributed by atoms with Gasteiger partial charge in [0.1, 0.15) is 0 Å².